The van der Waals surface area contributed by atoms with Crippen molar-refractivity contribution in [2.24, 2.45) is 0 Å². The summed E-state index contributed by atoms with van der Waals surface area (Å²) in [6.07, 6.45) is 0. The van der Waals surface area contributed by atoms with Crippen LogP contribution in [0.2, 0.25) is 0 Å². The molecule has 2 amide bonds. The van der Waals surface area contributed by atoms with Crippen molar-refractivity contribution in [3.63, 3.8) is 0 Å². The summed E-state index contributed by atoms with van der Waals surface area (Å²) in [5, 5.41) is 12.9. The molecule has 5 nitrogen and oxygen atoms in total. The number of hydrogen-bond donors (Lipinski definition) is 2. The van der Waals surface area contributed by atoms with E-state index in [4.69, 9.17) is 0 Å². The van der Waals surface area contributed by atoms with Crippen LogP contribution in [0.4, 0.5) is 11.4 Å². The van der Waals surface area contributed by atoms with E-state index >= 15 is 0 Å². The van der Waals surface area contributed by atoms with Crippen LogP contribution in [-0.4, -0.2) is 24.0 Å². The van der Waals surface area contributed by atoms with Gasteiger partial charge in [0.2, 0.25) is 0 Å². The lowest BCUT2D eigenvalue weighted by molar-refractivity contribution is 0.0988. The standard InChI is InChI=1S/C23H22N2O3/c1-15-4-11-19(12-5-15)24-22(27)17-7-9-18(10-8-17)23(28)25(3)20-13-6-16(2)14-21(20)26/h4-14,26H,1-3H3,(H,24,27). The van der Waals surface area contributed by atoms with E-state index in [1.165, 1.54) is 4.90 Å². The first kappa shape index (κ1) is 19.2. The van der Waals surface area contributed by atoms with E-state index in [2.05, 4.69) is 5.32 Å². The smallest absolute Gasteiger partial charge is 0.258 e. The van der Waals surface area contributed by atoms with E-state index in [-0.39, 0.29) is 17.6 Å². The molecule has 3 rings (SSSR count). The molecule has 0 aliphatic heterocycles. The molecule has 0 saturated heterocycles. The van der Waals surface area contributed by atoms with Crippen LogP contribution in [0.5, 0.6) is 5.75 Å². The first-order valence-corrected chi connectivity index (χ1v) is 8.91. The number of phenols is 1. The van der Waals surface area contributed by atoms with Crippen LogP contribution >= 0.6 is 0 Å². The first-order chi connectivity index (χ1) is 13.3. The Labute approximate surface area is 164 Å². The van der Waals surface area contributed by atoms with E-state index in [0.717, 1.165) is 11.1 Å². The normalized spacial score (nSPS) is 10.4. The molecular formula is C23H22N2O3. The molecule has 142 valence electrons. The van der Waals surface area contributed by atoms with Crippen molar-refractivity contribution in [3.8, 4) is 5.75 Å². The Morgan fingerprint density at radius 2 is 1.39 bits per heavy atom. The van der Waals surface area contributed by atoms with Crippen molar-refractivity contribution in [2.75, 3.05) is 17.3 Å². The van der Waals surface area contributed by atoms with E-state index in [9.17, 15) is 14.7 Å². The molecule has 0 bridgehead atoms. The lowest BCUT2D eigenvalue weighted by Crippen LogP contribution is -2.26. The van der Waals surface area contributed by atoms with Gasteiger partial charge in [0, 0.05) is 23.9 Å². The third-order valence-electron chi connectivity index (χ3n) is 4.50. The predicted molar refractivity (Wildman–Crippen MR) is 111 cm³/mol. The Bertz CT molecular complexity index is 1010. The van der Waals surface area contributed by atoms with Crippen LogP contribution in [-0.2, 0) is 0 Å². The van der Waals surface area contributed by atoms with E-state index < -0.39 is 0 Å². The molecule has 0 aliphatic rings. The second kappa shape index (κ2) is 7.96. The molecule has 5 heteroatoms. The quantitative estimate of drug-likeness (QED) is 0.704. The molecular weight excluding hydrogens is 352 g/mol. The molecule has 0 aromatic heterocycles. The predicted octanol–water partition coefficient (Wildman–Crippen LogP) is 4.54. The minimum atomic E-state index is -0.273. The number of phenolic OH excluding ortho intramolecular Hbond substituents is 1. The van der Waals surface area contributed by atoms with Gasteiger partial charge in [-0.15, -0.1) is 0 Å². The van der Waals surface area contributed by atoms with E-state index in [0.29, 0.717) is 22.5 Å². The number of benzene rings is 3. The maximum Gasteiger partial charge on any atom is 0.258 e. The van der Waals surface area contributed by atoms with Gasteiger partial charge in [-0.2, -0.15) is 0 Å². The third-order valence-corrected chi connectivity index (χ3v) is 4.50. The molecule has 0 unspecified atom stereocenters. The van der Waals surface area contributed by atoms with Crippen LogP contribution in [0.15, 0.2) is 66.7 Å². The van der Waals surface area contributed by atoms with Gasteiger partial charge in [0.25, 0.3) is 11.8 Å². The van der Waals surface area contributed by atoms with Gasteiger partial charge >= 0.3 is 0 Å². The van der Waals surface area contributed by atoms with Crippen LogP contribution < -0.4 is 10.2 Å². The molecule has 0 atom stereocenters. The molecule has 0 saturated carbocycles. The van der Waals surface area contributed by atoms with Crippen molar-refractivity contribution in [1.29, 1.82) is 0 Å². The number of carbonyl (C=O) groups is 2. The Morgan fingerprint density at radius 3 is 2.00 bits per heavy atom. The summed E-state index contributed by atoms with van der Waals surface area (Å²) in [7, 11) is 1.60. The number of aromatic hydroxyl groups is 1. The summed E-state index contributed by atoms with van der Waals surface area (Å²) in [4.78, 5) is 26.5. The summed E-state index contributed by atoms with van der Waals surface area (Å²) in [6, 6.07) is 19.1. The lowest BCUT2D eigenvalue weighted by atomic mass is 10.1. The van der Waals surface area contributed by atoms with Crippen molar-refractivity contribution in [2.45, 2.75) is 13.8 Å². The zero-order valence-electron chi connectivity index (χ0n) is 16.1. The Morgan fingerprint density at radius 1 is 0.821 bits per heavy atom. The fourth-order valence-electron chi connectivity index (χ4n) is 2.82. The molecule has 0 spiro atoms. The van der Waals surface area contributed by atoms with Gasteiger partial charge < -0.3 is 15.3 Å². The monoisotopic (exact) mass is 374 g/mol. The first-order valence-electron chi connectivity index (χ1n) is 8.91. The molecule has 2 N–H and O–H groups in total. The number of anilines is 2. The topological polar surface area (TPSA) is 69.6 Å². The Hall–Kier alpha value is -3.60. The average Bonchev–Trinajstić information content (AvgIpc) is 2.69. The Kier molecular flexibility index (Phi) is 5.45. The van der Waals surface area contributed by atoms with Gasteiger partial charge in [-0.05, 0) is 67.9 Å². The van der Waals surface area contributed by atoms with E-state index in [1.807, 2.05) is 44.2 Å². The SMILES string of the molecule is Cc1ccc(NC(=O)c2ccc(C(=O)N(C)c3ccc(C)cc3O)cc2)cc1. The molecule has 0 heterocycles. The number of hydrogen-bond acceptors (Lipinski definition) is 3. The van der Waals surface area contributed by atoms with Crippen molar-refractivity contribution >= 4 is 23.2 Å². The molecule has 28 heavy (non-hydrogen) atoms. The largest absolute Gasteiger partial charge is 0.506 e. The molecule has 0 fully saturated rings. The fraction of sp³-hybridized carbons (Fsp3) is 0.130. The number of amides is 2. The van der Waals surface area contributed by atoms with Crippen LogP contribution in [0.25, 0.3) is 0 Å². The molecule has 3 aromatic carbocycles. The number of nitrogens with one attached hydrogen (secondary N) is 1. The van der Waals surface area contributed by atoms with Gasteiger partial charge in [0.15, 0.2) is 0 Å². The zero-order chi connectivity index (χ0) is 20.3. The number of carbonyl (C=O) groups excluding carboxylic acids is 2. The summed E-state index contributed by atoms with van der Waals surface area (Å²) in [5.41, 5.74) is 4.05. The summed E-state index contributed by atoms with van der Waals surface area (Å²) in [5.74, 6) is -0.470. The van der Waals surface area contributed by atoms with Crippen LogP contribution in [0, 0.1) is 13.8 Å². The molecule has 0 radical (unpaired) electrons. The minimum absolute atomic E-state index is 0.0462. The zero-order valence-corrected chi connectivity index (χ0v) is 16.1. The average molecular weight is 374 g/mol. The van der Waals surface area contributed by atoms with Crippen molar-refractivity contribution in [3.05, 3.63) is 89.0 Å². The maximum atomic E-state index is 12.7. The van der Waals surface area contributed by atoms with Crippen LogP contribution in [0.3, 0.4) is 0 Å². The van der Waals surface area contributed by atoms with Crippen LogP contribution in [0.1, 0.15) is 31.8 Å². The number of rotatable bonds is 4. The second-order valence-corrected chi connectivity index (χ2v) is 6.75. The molecule has 3 aromatic rings. The van der Waals surface area contributed by atoms with Crippen molar-refractivity contribution in [1.82, 2.24) is 0 Å². The summed E-state index contributed by atoms with van der Waals surface area (Å²) in [6.45, 7) is 3.85. The highest BCUT2D eigenvalue weighted by Gasteiger charge is 2.17. The molecule has 0 aliphatic carbocycles. The number of aryl methyl sites for hydroxylation is 2. The highest BCUT2D eigenvalue weighted by Crippen LogP contribution is 2.28. The highest BCUT2D eigenvalue weighted by atomic mass is 16.3. The van der Waals surface area contributed by atoms with Gasteiger partial charge in [-0.1, -0.05) is 23.8 Å². The summed E-state index contributed by atoms with van der Waals surface area (Å²) >= 11 is 0. The van der Waals surface area contributed by atoms with Crippen molar-refractivity contribution < 1.29 is 14.7 Å². The highest BCUT2D eigenvalue weighted by molar-refractivity contribution is 6.08. The van der Waals surface area contributed by atoms with Gasteiger partial charge in [-0.25, -0.2) is 0 Å². The lowest BCUT2D eigenvalue weighted by Gasteiger charge is -2.19. The van der Waals surface area contributed by atoms with Gasteiger partial charge in [-0.3, -0.25) is 9.59 Å². The summed E-state index contributed by atoms with van der Waals surface area (Å²) < 4.78 is 0. The number of nitrogens with zero attached hydrogens (tertiary/aromatic N) is 1. The van der Waals surface area contributed by atoms with Gasteiger partial charge in [0.1, 0.15) is 5.75 Å². The maximum absolute atomic E-state index is 12.7. The second-order valence-electron chi connectivity index (χ2n) is 6.75. The Balaban J connectivity index is 1.73. The van der Waals surface area contributed by atoms with Gasteiger partial charge in [0.05, 0.1) is 5.69 Å². The third kappa shape index (κ3) is 4.20. The van der Waals surface area contributed by atoms with E-state index in [1.54, 1.807) is 43.4 Å². The minimum Gasteiger partial charge on any atom is -0.506 e. The fourth-order valence-corrected chi connectivity index (χ4v) is 2.82.